The van der Waals surface area contributed by atoms with E-state index in [1.54, 1.807) is 12.4 Å². The second-order valence-electron chi connectivity index (χ2n) is 5.61. The Labute approximate surface area is 125 Å². The molecule has 0 aromatic carbocycles. The lowest BCUT2D eigenvalue weighted by atomic mass is 9.77. The first-order valence-electron chi connectivity index (χ1n) is 6.93. The van der Waals surface area contributed by atoms with Gasteiger partial charge in [-0.3, -0.25) is 4.98 Å². The maximum atomic E-state index is 8.87. The fourth-order valence-electron chi connectivity index (χ4n) is 2.32. The van der Waals surface area contributed by atoms with Crippen LogP contribution in [0, 0.1) is 16.7 Å². The quantitative estimate of drug-likeness (QED) is 0.878. The van der Waals surface area contributed by atoms with Crippen molar-refractivity contribution in [2.45, 2.75) is 32.7 Å². The smallest absolute Gasteiger partial charge is 0.129 e. The minimum Gasteiger partial charge on any atom is -0.363 e. The van der Waals surface area contributed by atoms with Crippen LogP contribution >= 0.6 is 0 Å². The van der Waals surface area contributed by atoms with Crippen LogP contribution in [-0.2, 0) is 0 Å². The normalized spacial score (nSPS) is 12.4. The Kier molecular flexibility index (Phi) is 4.83. The van der Waals surface area contributed by atoms with Crippen molar-refractivity contribution in [1.82, 2.24) is 15.0 Å². The summed E-state index contributed by atoms with van der Waals surface area (Å²) in [5.41, 5.74) is 0.975. The molecule has 0 spiro atoms. The van der Waals surface area contributed by atoms with Crippen LogP contribution < -0.4 is 5.32 Å². The highest BCUT2D eigenvalue weighted by Crippen LogP contribution is 2.39. The van der Waals surface area contributed by atoms with E-state index in [2.05, 4.69) is 40.2 Å². The van der Waals surface area contributed by atoms with Gasteiger partial charge in [0, 0.05) is 25.0 Å². The van der Waals surface area contributed by atoms with Crippen molar-refractivity contribution in [2.75, 3.05) is 5.32 Å². The van der Waals surface area contributed by atoms with Gasteiger partial charge in [0.15, 0.2) is 0 Å². The molecule has 2 rings (SSSR count). The number of pyridine rings is 1. The van der Waals surface area contributed by atoms with E-state index in [4.69, 9.17) is 5.26 Å². The first kappa shape index (κ1) is 14.9. The fourth-order valence-corrected chi connectivity index (χ4v) is 2.32. The number of nitrogens with zero attached hydrogens (tertiary/aromatic N) is 4. The Morgan fingerprint density at radius 2 is 2.14 bits per heavy atom. The molecule has 0 saturated heterocycles. The summed E-state index contributed by atoms with van der Waals surface area (Å²) < 4.78 is 0. The first-order chi connectivity index (χ1) is 10.1. The van der Waals surface area contributed by atoms with Crippen LogP contribution in [0.3, 0.4) is 0 Å². The summed E-state index contributed by atoms with van der Waals surface area (Å²) in [6.45, 7) is 4.30. The van der Waals surface area contributed by atoms with Crippen LogP contribution in [0.4, 0.5) is 5.82 Å². The largest absolute Gasteiger partial charge is 0.363 e. The third-order valence-corrected chi connectivity index (χ3v) is 3.55. The zero-order chi connectivity index (χ0) is 15.1. The highest BCUT2D eigenvalue weighted by molar-refractivity contribution is 5.37. The van der Waals surface area contributed by atoms with Crippen LogP contribution in [0.5, 0.6) is 0 Å². The second-order valence-corrected chi connectivity index (χ2v) is 5.61. The standard InChI is InChI=1S/C16H19N5/c1-16(2,7-4-8-17)15(13-5-3-9-18-11-13)21-14-6-10-19-12-20-14/h3,5-6,9-12,15H,4,7H2,1-2H3,(H,19,20,21). The highest BCUT2D eigenvalue weighted by Gasteiger charge is 2.31. The molecule has 0 bridgehead atoms. The maximum absolute atomic E-state index is 8.87. The topological polar surface area (TPSA) is 74.5 Å². The van der Waals surface area contributed by atoms with Crippen molar-refractivity contribution in [2.24, 2.45) is 5.41 Å². The summed E-state index contributed by atoms with van der Waals surface area (Å²) in [4.78, 5) is 12.4. The molecule has 0 aliphatic heterocycles. The summed E-state index contributed by atoms with van der Waals surface area (Å²) in [7, 11) is 0. The van der Waals surface area contributed by atoms with Gasteiger partial charge in [0.05, 0.1) is 12.1 Å². The van der Waals surface area contributed by atoms with Gasteiger partial charge < -0.3 is 5.32 Å². The summed E-state index contributed by atoms with van der Waals surface area (Å²) in [6, 6.07) is 8.05. The average Bonchev–Trinajstić information content (AvgIpc) is 2.52. The molecule has 1 atom stereocenters. The first-order valence-corrected chi connectivity index (χ1v) is 6.93. The van der Waals surface area contributed by atoms with E-state index < -0.39 is 0 Å². The van der Waals surface area contributed by atoms with Crippen molar-refractivity contribution in [3.63, 3.8) is 0 Å². The number of nitrogens with one attached hydrogen (secondary N) is 1. The van der Waals surface area contributed by atoms with Gasteiger partial charge in [0.2, 0.25) is 0 Å². The average molecular weight is 281 g/mol. The predicted molar refractivity (Wildman–Crippen MR) is 81.3 cm³/mol. The third-order valence-electron chi connectivity index (χ3n) is 3.55. The number of anilines is 1. The summed E-state index contributed by atoms with van der Waals surface area (Å²) in [6.07, 6.45) is 8.15. The second kappa shape index (κ2) is 6.80. The Morgan fingerprint density at radius 3 is 2.76 bits per heavy atom. The van der Waals surface area contributed by atoms with E-state index in [1.165, 1.54) is 6.33 Å². The molecule has 2 aromatic rings. The van der Waals surface area contributed by atoms with E-state index in [-0.39, 0.29) is 11.5 Å². The van der Waals surface area contributed by atoms with Gasteiger partial charge in [-0.05, 0) is 29.5 Å². The van der Waals surface area contributed by atoms with Crippen LogP contribution in [-0.4, -0.2) is 15.0 Å². The van der Waals surface area contributed by atoms with Crippen molar-refractivity contribution >= 4 is 5.82 Å². The molecule has 21 heavy (non-hydrogen) atoms. The van der Waals surface area contributed by atoms with Gasteiger partial charge in [-0.1, -0.05) is 19.9 Å². The van der Waals surface area contributed by atoms with Gasteiger partial charge in [0.1, 0.15) is 12.1 Å². The number of hydrogen-bond donors (Lipinski definition) is 1. The summed E-state index contributed by atoms with van der Waals surface area (Å²) in [5, 5.41) is 12.3. The van der Waals surface area contributed by atoms with Gasteiger partial charge in [0.25, 0.3) is 0 Å². The van der Waals surface area contributed by atoms with Crippen LogP contribution in [0.2, 0.25) is 0 Å². The van der Waals surface area contributed by atoms with Crippen molar-refractivity contribution in [3.8, 4) is 6.07 Å². The van der Waals surface area contributed by atoms with E-state index in [1.807, 2.05) is 24.4 Å². The van der Waals surface area contributed by atoms with E-state index >= 15 is 0 Å². The zero-order valence-corrected chi connectivity index (χ0v) is 12.3. The molecule has 0 saturated carbocycles. The molecule has 5 nitrogen and oxygen atoms in total. The molecule has 108 valence electrons. The van der Waals surface area contributed by atoms with Crippen LogP contribution in [0.1, 0.15) is 38.3 Å². The van der Waals surface area contributed by atoms with Crippen LogP contribution in [0.15, 0.2) is 43.1 Å². The Hall–Kier alpha value is -2.48. The number of aromatic nitrogens is 3. The lowest BCUT2D eigenvalue weighted by Gasteiger charge is -2.35. The van der Waals surface area contributed by atoms with Gasteiger partial charge in [-0.25, -0.2) is 9.97 Å². The van der Waals surface area contributed by atoms with E-state index in [9.17, 15) is 0 Å². The molecule has 2 heterocycles. The molecule has 5 heteroatoms. The van der Waals surface area contributed by atoms with Gasteiger partial charge in [-0.2, -0.15) is 5.26 Å². The maximum Gasteiger partial charge on any atom is 0.129 e. The van der Waals surface area contributed by atoms with Gasteiger partial charge >= 0.3 is 0 Å². The summed E-state index contributed by atoms with van der Waals surface area (Å²) in [5.74, 6) is 0.767. The molecule has 0 amide bonds. The monoisotopic (exact) mass is 281 g/mol. The minimum atomic E-state index is -0.107. The Morgan fingerprint density at radius 1 is 1.29 bits per heavy atom. The van der Waals surface area contributed by atoms with Crippen LogP contribution in [0.25, 0.3) is 0 Å². The Balaban J connectivity index is 2.29. The number of hydrogen-bond acceptors (Lipinski definition) is 5. The van der Waals surface area contributed by atoms with Crippen molar-refractivity contribution in [1.29, 1.82) is 5.26 Å². The van der Waals surface area contributed by atoms with Crippen molar-refractivity contribution in [3.05, 3.63) is 48.7 Å². The molecule has 2 aromatic heterocycles. The molecular weight excluding hydrogens is 262 g/mol. The minimum absolute atomic E-state index is 0.0226. The molecule has 0 aliphatic carbocycles. The lowest BCUT2D eigenvalue weighted by molar-refractivity contribution is 0.285. The Bertz CT molecular complexity index is 589. The lowest BCUT2D eigenvalue weighted by Crippen LogP contribution is -2.29. The summed E-state index contributed by atoms with van der Waals surface area (Å²) >= 11 is 0. The van der Waals surface area contributed by atoms with Crippen molar-refractivity contribution < 1.29 is 0 Å². The number of nitriles is 1. The fraction of sp³-hybridized carbons (Fsp3) is 0.375. The highest BCUT2D eigenvalue weighted by atomic mass is 15.0. The zero-order valence-electron chi connectivity index (χ0n) is 12.3. The number of rotatable bonds is 6. The molecule has 0 radical (unpaired) electrons. The van der Waals surface area contributed by atoms with E-state index in [0.29, 0.717) is 6.42 Å². The SMILES string of the molecule is CC(C)(CCC#N)C(Nc1ccncn1)c1cccnc1. The molecule has 1 N–H and O–H groups in total. The third kappa shape index (κ3) is 3.99. The molecule has 0 fully saturated rings. The molecule has 0 aliphatic rings. The van der Waals surface area contributed by atoms with Gasteiger partial charge in [-0.15, -0.1) is 0 Å². The predicted octanol–water partition coefficient (Wildman–Crippen LogP) is 3.35. The van der Waals surface area contributed by atoms with E-state index in [0.717, 1.165) is 17.8 Å². The molecular formula is C16H19N5. The molecule has 1 unspecified atom stereocenters.